The highest BCUT2D eigenvalue weighted by Crippen LogP contribution is 2.30. The van der Waals surface area contributed by atoms with Crippen LogP contribution in [0.5, 0.6) is 11.5 Å². The molecule has 2 heterocycles. The van der Waals surface area contributed by atoms with Gasteiger partial charge in [-0.15, -0.1) is 0 Å². The van der Waals surface area contributed by atoms with Crippen LogP contribution in [0.2, 0.25) is 0 Å². The zero-order valence-corrected chi connectivity index (χ0v) is 16.4. The Hall–Kier alpha value is -4.34. The van der Waals surface area contributed by atoms with E-state index in [9.17, 15) is 19.5 Å². The number of H-pyrrole nitrogens is 1. The number of aromatic amines is 1. The molecule has 0 aliphatic rings. The summed E-state index contributed by atoms with van der Waals surface area (Å²) in [5, 5.41) is 23.8. The van der Waals surface area contributed by atoms with Gasteiger partial charge in [-0.25, -0.2) is 9.50 Å². The molecular weight excluding hydrogens is 404 g/mol. The van der Waals surface area contributed by atoms with Gasteiger partial charge in [0.1, 0.15) is 18.9 Å². The number of carbonyl (C=O) groups is 2. The number of fused-ring (bicyclic) bond motifs is 3. The van der Waals surface area contributed by atoms with Gasteiger partial charge in [-0.05, 0) is 24.6 Å². The van der Waals surface area contributed by atoms with Gasteiger partial charge in [-0.1, -0.05) is 30.3 Å². The van der Waals surface area contributed by atoms with Gasteiger partial charge in [0.2, 0.25) is 0 Å². The van der Waals surface area contributed by atoms with Crippen molar-refractivity contribution in [1.29, 1.82) is 0 Å². The molecule has 0 aliphatic carbocycles. The van der Waals surface area contributed by atoms with E-state index >= 15 is 0 Å². The number of aromatic nitrogens is 3. The first-order valence-corrected chi connectivity index (χ1v) is 9.30. The summed E-state index contributed by atoms with van der Waals surface area (Å²) in [7, 11) is 0. The van der Waals surface area contributed by atoms with E-state index in [0.29, 0.717) is 29.0 Å². The molecule has 0 fully saturated rings. The van der Waals surface area contributed by atoms with Gasteiger partial charge in [0.15, 0.2) is 17.0 Å². The standard InChI is InChI=1S/C21H18N4O6/c1-11-14(31-10-12-5-3-2-4-6-12)8-7-13-17(11)23-19-18(28)16(21(30)24-25(13)19)20(29)22-9-15(26)27/h2-8,28H,9-10H2,1H3,(H,22,29)(H,24,30)(H,26,27). The number of aryl methyl sites for hydroxylation is 1. The van der Waals surface area contributed by atoms with Crippen molar-refractivity contribution >= 4 is 28.6 Å². The molecule has 10 nitrogen and oxygen atoms in total. The van der Waals surface area contributed by atoms with Crippen LogP contribution in [0, 0.1) is 6.92 Å². The van der Waals surface area contributed by atoms with Crippen LogP contribution in [0.25, 0.3) is 16.7 Å². The molecule has 0 bridgehead atoms. The molecule has 0 atom stereocenters. The molecule has 1 amide bonds. The molecule has 158 valence electrons. The monoisotopic (exact) mass is 422 g/mol. The third-order valence-electron chi connectivity index (χ3n) is 4.78. The second kappa shape index (κ2) is 7.82. The number of hydrogen-bond donors (Lipinski definition) is 4. The predicted octanol–water partition coefficient (Wildman–Crippen LogP) is 1.58. The van der Waals surface area contributed by atoms with Crippen LogP contribution < -0.4 is 15.6 Å². The summed E-state index contributed by atoms with van der Waals surface area (Å²) in [4.78, 5) is 39.6. The van der Waals surface area contributed by atoms with Crippen molar-refractivity contribution in [3.63, 3.8) is 0 Å². The van der Waals surface area contributed by atoms with Crippen molar-refractivity contribution in [3.8, 4) is 11.5 Å². The van der Waals surface area contributed by atoms with E-state index in [1.165, 1.54) is 4.52 Å². The predicted molar refractivity (Wildman–Crippen MR) is 110 cm³/mol. The maximum Gasteiger partial charge on any atom is 0.322 e. The number of carboxylic acid groups (broad SMARTS) is 1. The quantitative estimate of drug-likeness (QED) is 0.369. The molecule has 10 heteroatoms. The molecular formula is C21H18N4O6. The van der Waals surface area contributed by atoms with E-state index < -0.39 is 35.3 Å². The van der Waals surface area contributed by atoms with Gasteiger partial charge >= 0.3 is 5.97 Å². The van der Waals surface area contributed by atoms with Crippen LogP contribution in [-0.2, 0) is 11.4 Å². The van der Waals surface area contributed by atoms with E-state index in [1.807, 2.05) is 30.3 Å². The molecule has 0 spiro atoms. The average Bonchev–Trinajstić information content (AvgIpc) is 3.12. The lowest BCUT2D eigenvalue weighted by Crippen LogP contribution is -2.34. The fourth-order valence-electron chi connectivity index (χ4n) is 3.25. The lowest BCUT2D eigenvalue weighted by atomic mass is 10.2. The number of aromatic hydroxyl groups is 1. The molecule has 31 heavy (non-hydrogen) atoms. The van der Waals surface area contributed by atoms with Crippen molar-refractivity contribution < 1.29 is 24.5 Å². The summed E-state index contributed by atoms with van der Waals surface area (Å²) in [6, 6.07) is 13.1. The number of ether oxygens (including phenoxy) is 1. The van der Waals surface area contributed by atoms with Crippen LogP contribution in [-0.4, -0.2) is 43.2 Å². The SMILES string of the molecule is Cc1c(OCc2ccccc2)ccc2c1nc1c(O)c(C(=O)NCC(=O)O)c(=O)[nH]n12. The Morgan fingerprint density at radius 1 is 1.19 bits per heavy atom. The second-order valence-corrected chi connectivity index (χ2v) is 6.84. The van der Waals surface area contributed by atoms with Gasteiger partial charge in [-0.3, -0.25) is 19.5 Å². The first-order valence-electron chi connectivity index (χ1n) is 9.30. The van der Waals surface area contributed by atoms with Crippen LogP contribution in [0.3, 0.4) is 0 Å². The minimum Gasteiger partial charge on any atom is -0.504 e. The molecule has 0 unspecified atom stereocenters. The number of nitrogens with one attached hydrogen (secondary N) is 2. The number of rotatable bonds is 6. The molecule has 4 N–H and O–H groups in total. The number of carboxylic acids is 1. The Balaban J connectivity index is 1.75. The summed E-state index contributed by atoms with van der Waals surface area (Å²) in [6.07, 6.45) is 0. The third kappa shape index (κ3) is 3.66. The minimum atomic E-state index is -1.28. The number of aliphatic carboxylic acids is 1. The molecule has 2 aromatic heterocycles. The van der Waals surface area contributed by atoms with Crippen molar-refractivity contribution in [1.82, 2.24) is 19.9 Å². The lowest BCUT2D eigenvalue weighted by molar-refractivity contribution is -0.135. The largest absolute Gasteiger partial charge is 0.504 e. The van der Waals surface area contributed by atoms with Gasteiger partial charge < -0.3 is 20.3 Å². The zero-order valence-electron chi connectivity index (χ0n) is 16.4. The van der Waals surface area contributed by atoms with Crippen molar-refractivity contribution in [2.45, 2.75) is 13.5 Å². The molecule has 0 aliphatic heterocycles. The summed E-state index contributed by atoms with van der Waals surface area (Å²) < 4.78 is 7.17. The molecule has 4 rings (SSSR count). The van der Waals surface area contributed by atoms with Gasteiger partial charge in [-0.2, -0.15) is 0 Å². The first kappa shape index (κ1) is 20.0. The second-order valence-electron chi connectivity index (χ2n) is 6.84. The number of imidazole rings is 1. The third-order valence-corrected chi connectivity index (χ3v) is 4.78. The summed E-state index contributed by atoms with van der Waals surface area (Å²) in [6.45, 7) is 1.46. The minimum absolute atomic E-state index is 0.0432. The number of carbonyl (C=O) groups excluding carboxylic acids is 1. The molecule has 0 radical (unpaired) electrons. The highest BCUT2D eigenvalue weighted by molar-refractivity contribution is 6.00. The van der Waals surface area contributed by atoms with Gasteiger partial charge in [0.05, 0.1) is 11.0 Å². The van der Waals surface area contributed by atoms with Crippen molar-refractivity contribution in [2.24, 2.45) is 0 Å². The van der Waals surface area contributed by atoms with Crippen LogP contribution in [0.4, 0.5) is 0 Å². The smallest absolute Gasteiger partial charge is 0.322 e. The maximum absolute atomic E-state index is 12.4. The summed E-state index contributed by atoms with van der Waals surface area (Å²) in [5.74, 6) is -2.36. The van der Waals surface area contributed by atoms with E-state index in [2.05, 4.69) is 15.4 Å². The van der Waals surface area contributed by atoms with Gasteiger partial charge in [0.25, 0.3) is 11.5 Å². The highest BCUT2D eigenvalue weighted by Gasteiger charge is 2.23. The molecule has 0 saturated heterocycles. The van der Waals surface area contributed by atoms with E-state index in [1.54, 1.807) is 19.1 Å². The van der Waals surface area contributed by atoms with Crippen molar-refractivity contribution in [2.75, 3.05) is 6.54 Å². The van der Waals surface area contributed by atoms with E-state index in [-0.39, 0.29) is 5.65 Å². The maximum atomic E-state index is 12.4. The normalized spacial score (nSPS) is 11.0. The van der Waals surface area contributed by atoms with Gasteiger partial charge in [0, 0.05) is 5.56 Å². The number of benzene rings is 2. The van der Waals surface area contributed by atoms with Crippen LogP contribution in [0.1, 0.15) is 21.5 Å². The number of hydrogen-bond acceptors (Lipinski definition) is 6. The molecule has 2 aromatic carbocycles. The Morgan fingerprint density at radius 3 is 2.65 bits per heavy atom. The molecule has 4 aromatic rings. The van der Waals surface area contributed by atoms with Crippen LogP contribution in [0.15, 0.2) is 47.3 Å². The first-order chi connectivity index (χ1) is 14.9. The Morgan fingerprint density at radius 2 is 1.94 bits per heavy atom. The fourth-order valence-corrected chi connectivity index (χ4v) is 3.25. The van der Waals surface area contributed by atoms with E-state index in [4.69, 9.17) is 9.84 Å². The topological polar surface area (TPSA) is 146 Å². The Bertz CT molecular complexity index is 1370. The summed E-state index contributed by atoms with van der Waals surface area (Å²) in [5.41, 5.74) is 1.13. The Kier molecular flexibility index (Phi) is 5.04. The fraction of sp³-hybridized carbons (Fsp3) is 0.143. The Labute approximate surface area is 174 Å². The average molecular weight is 422 g/mol. The van der Waals surface area contributed by atoms with Crippen molar-refractivity contribution in [3.05, 3.63) is 69.5 Å². The van der Waals surface area contributed by atoms with E-state index in [0.717, 1.165) is 5.56 Å². The van der Waals surface area contributed by atoms with Crippen LogP contribution >= 0.6 is 0 Å². The summed E-state index contributed by atoms with van der Waals surface area (Å²) >= 11 is 0. The zero-order chi connectivity index (χ0) is 22.1. The highest BCUT2D eigenvalue weighted by atomic mass is 16.5. The number of amides is 1. The number of nitrogens with zero attached hydrogens (tertiary/aromatic N) is 2. The molecule has 0 saturated carbocycles. The lowest BCUT2D eigenvalue weighted by Gasteiger charge is -2.09.